The highest BCUT2D eigenvalue weighted by atomic mass is 127. The molecule has 0 aromatic rings. The van der Waals surface area contributed by atoms with E-state index in [0.717, 1.165) is 21.7 Å². The molecule has 0 bridgehead atoms. The minimum Gasteiger partial charge on any atom is -0.0826 e. The van der Waals surface area contributed by atoms with Gasteiger partial charge in [-0.25, -0.2) is 0 Å². The van der Waals surface area contributed by atoms with Crippen LogP contribution in [0.3, 0.4) is 0 Å². The summed E-state index contributed by atoms with van der Waals surface area (Å²) in [5.74, 6) is 3.03. The molecule has 1 saturated carbocycles. The van der Waals surface area contributed by atoms with Crippen LogP contribution in [0, 0.1) is 17.8 Å². The zero-order valence-corrected chi connectivity index (χ0v) is 12.1. The minimum absolute atomic E-state index is 0.861. The first-order valence-corrected chi connectivity index (χ1v) is 7.53. The maximum Gasteiger partial charge on any atom is 0.0110 e. The first-order chi connectivity index (χ1) is 6.65. The van der Waals surface area contributed by atoms with Gasteiger partial charge in [0.1, 0.15) is 0 Å². The van der Waals surface area contributed by atoms with Crippen LogP contribution in [-0.2, 0) is 0 Å². The maximum absolute atomic E-state index is 2.62. The highest BCUT2D eigenvalue weighted by Gasteiger charge is 2.27. The summed E-state index contributed by atoms with van der Waals surface area (Å²) in [5, 5.41) is 0. The summed E-state index contributed by atoms with van der Waals surface area (Å²) < 4.78 is 0.861. The molecule has 14 heavy (non-hydrogen) atoms. The van der Waals surface area contributed by atoms with Crippen LogP contribution in [0.1, 0.15) is 59.3 Å². The van der Waals surface area contributed by atoms with Crippen LogP contribution in [0.5, 0.6) is 0 Å². The van der Waals surface area contributed by atoms with Gasteiger partial charge in [0.25, 0.3) is 0 Å². The van der Waals surface area contributed by atoms with Gasteiger partial charge in [0.05, 0.1) is 0 Å². The highest BCUT2D eigenvalue weighted by molar-refractivity contribution is 14.1. The second-order valence-electron chi connectivity index (χ2n) is 5.13. The summed E-state index contributed by atoms with van der Waals surface area (Å²) in [6.45, 7) is 7.17. The molecule has 0 nitrogen and oxygen atoms in total. The van der Waals surface area contributed by atoms with Crippen molar-refractivity contribution in [3.63, 3.8) is 0 Å². The summed E-state index contributed by atoms with van der Waals surface area (Å²) in [6, 6.07) is 0. The number of hydrogen-bond acceptors (Lipinski definition) is 0. The van der Waals surface area contributed by atoms with Crippen molar-refractivity contribution in [2.24, 2.45) is 17.8 Å². The minimum atomic E-state index is 0.861. The van der Waals surface area contributed by atoms with Crippen LogP contribution >= 0.6 is 22.6 Å². The van der Waals surface area contributed by atoms with Gasteiger partial charge in [-0.1, -0.05) is 69.0 Å². The number of rotatable bonds is 5. The molecule has 4 atom stereocenters. The second kappa shape index (κ2) is 6.34. The van der Waals surface area contributed by atoms with Crippen LogP contribution in [0.2, 0.25) is 0 Å². The van der Waals surface area contributed by atoms with Crippen molar-refractivity contribution < 1.29 is 0 Å². The van der Waals surface area contributed by atoms with E-state index in [9.17, 15) is 0 Å². The smallest absolute Gasteiger partial charge is 0.0110 e. The SMILES string of the molecule is CCCC(CC1CCCC1C)C(C)I. The molecule has 0 heterocycles. The molecule has 1 aliphatic rings. The Balaban J connectivity index is 2.37. The zero-order valence-electron chi connectivity index (χ0n) is 9.93. The summed E-state index contributed by atoms with van der Waals surface area (Å²) in [7, 11) is 0. The lowest BCUT2D eigenvalue weighted by molar-refractivity contribution is 0.306. The van der Waals surface area contributed by atoms with Crippen molar-refractivity contribution in [2.45, 2.75) is 63.2 Å². The molecule has 0 amide bonds. The summed E-state index contributed by atoms with van der Waals surface area (Å²) in [5.41, 5.74) is 0. The average molecular weight is 308 g/mol. The van der Waals surface area contributed by atoms with E-state index in [1.54, 1.807) is 0 Å². The molecule has 0 aliphatic heterocycles. The standard InChI is InChI=1S/C13H25I/c1-4-6-13(11(3)14)9-12-8-5-7-10(12)2/h10-13H,4-9H2,1-3H3. The quantitative estimate of drug-likeness (QED) is 0.492. The fourth-order valence-corrected chi connectivity index (χ4v) is 3.52. The highest BCUT2D eigenvalue weighted by Crippen LogP contribution is 2.38. The van der Waals surface area contributed by atoms with E-state index in [2.05, 4.69) is 43.4 Å². The molecule has 1 fully saturated rings. The monoisotopic (exact) mass is 308 g/mol. The van der Waals surface area contributed by atoms with Gasteiger partial charge in [-0.05, 0) is 30.6 Å². The van der Waals surface area contributed by atoms with Gasteiger partial charge in [0.15, 0.2) is 0 Å². The van der Waals surface area contributed by atoms with Gasteiger partial charge in [-0.3, -0.25) is 0 Å². The first-order valence-electron chi connectivity index (χ1n) is 6.29. The maximum atomic E-state index is 2.62. The van der Waals surface area contributed by atoms with E-state index < -0.39 is 0 Å². The lowest BCUT2D eigenvalue weighted by atomic mass is 9.84. The van der Waals surface area contributed by atoms with Crippen molar-refractivity contribution in [2.75, 3.05) is 0 Å². The summed E-state index contributed by atoms with van der Waals surface area (Å²) >= 11 is 2.62. The number of alkyl halides is 1. The Hall–Kier alpha value is 0.730. The van der Waals surface area contributed by atoms with Crippen LogP contribution in [0.25, 0.3) is 0 Å². The molecule has 1 aliphatic carbocycles. The normalized spacial score (nSPS) is 31.7. The number of halogens is 1. The van der Waals surface area contributed by atoms with E-state index in [4.69, 9.17) is 0 Å². The summed E-state index contributed by atoms with van der Waals surface area (Å²) in [6.07, 6.45) is 8.77. The van der Waals surface area contributed by atoms with E-state index in [1.165, 1.54) is 38.5 Å². The lowest BCUT2D eigenvalue weighted by Gasteiger charge is -2.25. The van der Waals surface area contributed by atoms with Crippen LogP contribution < -0.4 is 0 Å². The zero-order chi connectivity index (χ0) is 10.6. The van der Waals surface area contributed by atoms with Crippen molar-refractivity contribution in [3.8, 4) is 0 Å². The Labute approximate surface area is 103 Å². The Bertz CT molecular complexity index is 153. The molecular formula is C13H25I. The van der Waals surface area contributed by atoms with Gasteiger partial charge < -0.3 is 0 Å². The fourth-order valence-electron chi connectivity index (χ4n) is 2.87. The predicted octanol–water partition coefficient (Wildman–Crippen LogP) is 5.05. The van der Waals surface area contributed by atoms with Crippen molar-refractivity contribution in [1.29, 1.82) is 0 Å². The first kappa shape index (κ1) is 12.8. The second-order valence-corrected chi connectivity index (χ2v) is 7.10. The van der Waals surface area contributed by atoms with Gasteiger partial charge in [0.2, 0.25) is 0 Å². The Morgan fingerprint density at radius 2 is 2.07 bits per heavy atom. The molecule has 4 unspecified atom stereocenters. The van der Waals surface area contributed by atoms with E-state index in [0.29, 0.717) is 0 Å². The van der Waals surface area contributed by atoms with Gasteiger partial charge in [-0.15, -0.1) is 0 Å². The Kier molecular flexibility index (Phi) is 5.80. The van der Waals surface area contributed by atoms with E-state index in [-0.39, 0.29) is 0 Å². The van der Waals surface area contributed by atoms with Crippen LogP contribution in [0.15, 0.2) is 0 Å². The molecule has 0 aromatic heterocycles. The molecule has 0 aromatic carbocycles. The predicted molar refractivity (Wildman–Crippen MR) is 73.0 cm³/mol. The summed E-state index contributed by atoms with van der Waals surface area (Å²) in [4.78, 5) is 0. The van der Waals surface area contributed by atoms with Gasteiger partial charge >= 0.3 is 0 Å². The third kappa shape index (κ3) is 3.71. The van der Waals surface area contributed by atoms with Crippen LogP contribution in [0.4, 0.5) is 0 Å². The van der Waals surface area contributed by atoms with Crippen molar-refractivity contribution >= 4 is 22.6 Å². The number of hydrogen-bond donors (Lipinski definition) is 0. The van der Waals surface area contributed by atoms with Crippen LogP contribution in [-0.4, -0.2) is 3.92 Å². The molecule has 1 heteroatoms. The third-order valence-electron chi connectivity index (χ3n) is 3.95. The largest absolute Gasteiger partial charge is 0.0826 e. The molecule has 84 valence electrons. The third-order valence-corrected chi connectivity index (χ3v) is 4.97. The van der Waals surface area contributed by atoms with Crippen molar-refractivity contribution in [3.05, 3.63) is 0 Å². The molecule has 0 radical (unpaired) electrons. The Morgan fingerprint density at radius 1 is 1.36 bits per heavy atom. The van der Waals surface area contributed by atoms with E-state index in [1.807, 2.05) is 0 Å². The molecule has 0 spiro atoms. The molecule has 1 rings (SSSR count). The van der Waals surface area contributed by atoms with Gasteiger partial charge in [0, 0.05) is 3.92 Å². The molecule has 0 N–H and O–H groups in total. The Morgan fingerprint density at radius 3 is 2.50 bits per heavy atom. The molecular weight excluding hydrogens is 283 g/mol. The van der Waals surface area contributed by atoms with Gasteiger partial charge in [-0.2, -0.15) is 0 Å². The average Bonchev–Trinajstić information content (AvgIpc) is 2.51. The fraction of sp³-hybridized carbons (Fsp3) is 1.00. The topological polar surface area (TPSA) is 0 Å². The lowest BCUT2D eigenvalue weighted by Crippen LogP contribution is -2.17. The van der Waals surface area contributed by atoms with Crippen molar-refractivity contribution in [1.82, 2.24) is 0 Å². The van der Waals surface area contributed by atoms with E-state index >= 15 is 0 Å². The molecule has 0 saturated heterocycles.